The third kappa shape index (κ3) is 5.79. The first kappa shape index (κ1) is 19.8. The number of hydrogen-bond acceptors (Lipinski definition) is 5. The van der Waals surface area contributed by atoms with E-state index in [1.807, 2.05) is 49.4 Å². The molecule has 0 aliphatic carbocycles. The van der Waals surface area contributed by atoms with Gasteiger partial charge in [0.15, 0.2) is 0 Å². The van der Waals surface area contributed by atoms with E-state index in [1.165, 1.54) is 0 Å². The first-order chi connectivity index (χ1) is 12.5. The third-order valence-corrected chi connectivity index (χ3v) is 3.98. The van der Waals surface area contributed by atoms with Gasteiger partial charge < -0.3 is 14.9 Å². The number of carbonyl (C=O) groups is 1. The predicted molar refractivity (Wildman–Crippen MR) is 101 cm³/mol. The van der Waals surface area contributed by atoms with E-state index in [1.54, 1.807) is 19.2 Å². The lowest BCUT2D eigenvalue weighted by Crippen LogP contribution is -2.20. The molecule has 2 atom stereocenters. The van der Waals surface area contributed by atoms with Crippen molar-refractivity contribution in [2.75, 3.05) is 6.61 Å². The molecule has 1 heterocycles. The van der Waals surface area contributed by atoms with Crippen molar-refractivity contribution in [1.29, 1.82) is 0 Å². The highest BCUT2D eigenvalue weighted by Gasteiger charge is 2.15. The summed E-state index contributed by atoms with van der Waals surface area (Å²) in [6.07, 6.45) is 3.31. The number of benzene rings is 1. The number of carbonyl (C=O) groups excluding carboxylic acids is 1. The van der Waals surface area contributed by atoms with Gasteiger partial charge >= 0.3 is 5.97 Å². The molecule has 2 rings (SSSR count). The van der Waals surface area contributed by atoms with E-state index in [0.717, 1.165) is 22.4 Å². The lowest BCUT2D eigenvalue weighted by atomic mass is 9.98. The Morgan fingerprint density at radius 1 is 1.23 bits per heavy atom. The number of rotatable bonds is 8. The monoisotopic (exact) mass is 355 g/mol. The predicted octanol–water partition coefficient (Wildman–Crippen LogP) is 3.14. The van der Waals surface area contributed by atoms with Crippen LogP contribution in [0.3, 0.4) is 0 Å². The molecule has 0 unspecified atom stereocenters. The topological polar surface area (TPSA) is 79.7 Å². The lowest BCUT2D eigenvalue weighted by Gasteiger charge is -2.13. The molecule has 0 radical (unpaired) electrons. The van der Waals surface area contributed by atoms with Gasteiger partial charge in [0.2, 0.25) is 0 Å². The average Bonchev–Trinajstić information content (AvgIpc) is 2.61. The minimum atomic E-state index is -0.947. The highest BCUT2D eigenvalue weighted by Crippen LogP contribution is 2.26. The van der Waals surface area contributed by atoms with Gasteiger partial charge in [-0.05, 0) is 31.0 Å². The van der Waals surface area contributed by atoms with Crippen molar-refractivity contribution in [1.82, 2.24) is 4.98 Å². The van der Waals surface area contributed by atoms with Gasteiger partial charge in [-0.2, -0.15) is 0 Å². The molecule has 0 bridgehead atoms. The van der Waals surface area contributed by atoms with Crippen LogP contribution in [0.15, 0.2) is 48.7 Å². The summed E-state index contributed by atoms with van der Waals surface area (Å²) >= 11 is 0. The number of hydrogen-bond donors (Lipinski definition) is 2. The number of esters is 1. The molecule has 0 aliphatic heterocycles. The van der Waals surface area contributed by atoms with Crippen molar-refractivity contribution in [3.05, 3.63) is 59.9 Å². The minimum Gasteiger partial charge on any atom is -0.466 e. The Morgan fingerprint density at radius 3 is 2.65 bits per heavy atom. The van der Waals surface area contributed by atoms with Gasteiger partial charge in [0, 0.05) is 23.9 Å². The van der Waals surface area contributed by atoms with E-state index in [4.69, 9.17) is 4.74 Å². The maximum absolute atomic E-state index is 11.4. The van der Waals surface area contributed by atoms with Crippen LogP contribution in [-0.2, 0) is 9.53 Å². The summed E-state index contributed by atoms with van der Waals surface area (Å²) in [6.45, 7) is 3.90. The number of aliphatic hydroxyl groups excluding tert-OH is 2. The molecule has 26 heavy (non-hydrogen) atoms. The van der Waals surface area contributed by atoms with Crippen LogP contribution in [0.25, 0.3) is 17.2 Å². The van der Waals surface area contributed by atoms with Crippen LogP contribution in [0.2, 0.25) is 0 Å². The van der Waals surface area contributed by atoms with E-state index in [2.05, 4.69) is 4.98 Å². The summed E-state index contributed by atoms with van der Waals surface area (Å²) < 4.78 is 4.80. The standard InChI is InChI=1S/C21H25NO4/c1-3-26-21(25)14-18(24)13-17(23)9-10-19-15(2)22-12-11-20(19)16-7-5-4-6-8-16/h4-12,17-18,23-24H,3,13-14H2,1-2H3/t17-,18-/m0/s1. The number of nitrogens with zero attached hydrogens (tertiary/aromatic N) is 1. The smallest absolute Gasteiger partial charge is 0.308 e. The molecule has 1 aromatic heterocycles. The molecule has 5 nitrogen and oxygen atoms in total. The number of ether oxygens (including phenoxy) is 1. The molecule has 0 amide bonds. The molecule has 2 aromatic rings. The molecule has 0 spiro atoms. The average molecular weight is 355 g/mol. The zero-order valence-electron chi connectivity index (χ0n) is 15.1. The largest absolute Gasteiger partial charge is 0.466 e. The highest BCUT2D eigenvalue weighted by atomic mass is 16.5. The van der Waals surface area contributed by atoms with Gasteiger partial charge in [0.25, 0.3) is 0 Å². The number of aromatic nitrogens is 1. The Bertz CT molecular complexity index is 743. The second-order valence-corrected chi connectivity index (χ2v) is 6.05. The molecule has 0 saturated heterocycles. The van der Waals surface area contributed by atoms with Gasteiger partial charge in [-0.15, -0.1) is 0 Å². The van der Waals surface area contributed by atoms with Crippen molar-refractivity contribution in [3.8, 4) is 11.1 Å². The van der Waals surface area contributed by atoms with Gasteiger partial charge in [-0.1, -0.05) is 42.5 Å². The number of aryl methyl sites for hydroxylation is 1. The first-order valence-corrected chi connectivity index (χ1v) is 8.72. The van der Waals surface area contributed by atoms with Crippen molar-refractivity contribution in [2.45, 2.75) is 38.9 Å². The molecule has 138 valence electrons. The third-order valence-electron chi connectivity index (χ3n) is 3.98. The fraction of sp³-hybridized carbons (Fsp3) is 0.333. The maximum Gasteiger partial charge on any atom is 0.308 e. The summed E-state index contributed by atoms with van der Waals surface area (Å²) in [4.78, 5) is 15.7. The molecule has 5 heteroatoms. The van der Waals surface area contributed by atoms with Crippen LogP contribution in [0.4, 0.5) is 0 Å². The van der Waals surface area contributed by atoms with Crippen LogP contribution in [-0.4, -0.2) is 40.0 Å². The second-order valence-electron chi connectivity index (χ2n) is 6.05. The molecular weight excluding hydrogens is 330 g/mol. The van der Waals surface area contributed by atoms with Gasteiger partial charge in [-0.3, -0.25) is 9.78 Å². The van der Waals surface area contributed by atoms with Crippen LogP contribution < -0.4 is 0 Å². The Labute approximate surface area is 154 Å². The molecule has 1 aromatic carbocycles. The summed E-state index contributed by atoms with van der Waals surface area (Å²) in [7, 11) is 0. The Morgan fingerprint density at radius 2 is 1.96 bits per heavy atom. The summed E-state index contributed by atoms with van der Waals surface area (Å²) in [6, 6.07) is 11.9. The molecule has 2 N–H and O–H groups in total. The molecule has 0 fully saturated rings. The van der Waals surface area contributed by atoms with Gasteiger partial charge in [0.1, 0.15) is 0 Å². The Kier molecular flexibility index (Phi) is 7.51. The quantitative estimate of drug-likeness (QED) is 0.711. The number of pyridine rings is 1. The second kappa shape index (κ2) is 9.85. The van der Waals surface area contributed by atoms with Gasteiger partial charge in [-0.25, -0.2) is 0 Å². The summed E-state index contributed by atoms with van der Waals surface area (Å²) in [5.41, 5.74) is 3.85. The fourth-order valence-electron chi connectivity index (χ4n) is 2.72. The van der Waals surface area contributed by atoms with Crippen molar-refractivity contribution in [3.63, 3.8) is 0 Å². The number of aliphatic hydroxyl groups is 2. The van der Waals surface area contributed by atoms with Gasteiger partial charge in [0.05, 0.1) is 25.2 Å². The zero-order chi connectivity index (χ0) is 18.9. The van der Waals surface area contributed by atoms with Crippen LogP contribution in [0.1, 0.15) is 31.0 Å². The van der Waals surface area contributed by atoms with Crippen molar-refractivity contribution < 1.29 is 19.7 Å². The van der Waals surface area contributed by atoms with E-state index < -0.39 is 18.2 Å². The van der Waals surface area contributed by atoms with E-state index in [9.17, 15) is 15.0 Å². The normalized spacial score (nSPS) is 13.5. The van der Waals surface area contributed by atoms with Crippen LogP contribution in [0.5, 0.6) is 0 Å². The molecule has 0 saturated carbocycles. The van der Waals surface area contributed by atoms with Crippen molar-refractivity contribution in [2.24, 2.45) is 0 Å². The van der Waals surface area contributed by atoms with E-state index in [-0.39, 0.29) is 19.4 Å². The highest BCUT2D eigenvalue weighted by molar-refractivity contribution is 5.76. The molecule has 0 aliphatic rings. The zero-order valence-corrected chi connectivity index (χ0v) is 15.1. The molecular formula is C21H25NO4. The Balaban J connectivity index is 2.09. The fourth-order valence-corrected chi connectivity index (χ4v) is 2.72. The van der Waals surface area contributed by atoms with E-state index >= 15 is 0 Å². The SMILES string of the molecule is CCOC(=O)C[C@@H](O)C[C@@H](O)C=Cc1c(-c2ccccc2)ccnc1C. The summed E-state index contributed by atoms with van der Waals surface area (Å²) in [5.74, 6) is -0.467. The maximum atomic E-state index is 11.4. The Hall–Kier alpha value is -2.50. The van der Waals surface area contributed by atoms with E-state index in [0.29, 0.717) is 0 Å². The van der Waals surface area contributed by atoms with Crippen LogP contribution >= 0.6 is 0 Å². The minimum absolute atomic E-state index is 0.0648. The summed E-state index contributed by atoms with van der Waals surface area (Å²) in [5, 5.41) is 20.1. The van der Waals surface area contributed by atoms with Crippen molar-refractivity contribution >= 4 is 12.0 Å². The first-order valence-electron chi connectivity index (χ1n) is 8.72. The lowest BCUT2D eigenvalue weighted by molar-refractivity contribution is -0.145. The van der Waals surface area contributed by atoms with Crippen LogP contribution in [0, 0.1) is 6.92 Å².